The molecule has 2 aliphatic rings. The Kier molecular flexibility index (Phi) is 4.61. The normalized spacial score (nSPS) is 14.3. The quantitative estimate of drug-likeness (QED) is 0.778. The van der Waals surface area contributed by atoms with Crippen molar-refractivity contribution in [3.8, 4) is 23.0 Å². The minimum Gasteiger partial charge on any atom is -0.490 e. The lowest BCUT2D eigenvalue weighted by atomic mass is 10.0. The molecule has 0 radical (unpaired) electrons. The number of ether oxygens (including phenoxy) is 4. The SMILES string of the molecule is CCOc1cc2c(cc1OCC)CN(Cc1ccc3c(c1)OCO3)C=C2. The first-order chi connectivity index (χ1) is 12.8. The van der Waals surface area contributed by atoms with Crippen LogP contribution in [-0.4, -0.2) is 24.9 Å². The summed E-state index contributed by atoms with van der Waals surface area (Å²) in [5.74, 6) is 3.26. The lowest BCUT2D eigenvalue weighted by Gasteiger charge is -2.26. The third kappa shape index (κ3) is 3.29. The van der Waals surface area contributed by atoms with E-state index >= 15 is 0 Å². The summed E-state index contributed by atoms with van der Waals surface area (Å²) < 4.78 is 22.3. The molecule has 0 bridgehead atoms. The van der Waals surface area contributed by atoms with E-state index in [1.54, 1.807) is 0 Å². The predicted octanol–water partition coefficient (Wildman–Crippen LogP) is 4.20. The van der Waals surface area contributed by atoms with Crippen molar-refractivity contribution in [3.63, 3.8) is 0 Å². The molecular formula is C21H23NO4. The van der Waals surface area contributed by atoms with Gasteiger partial charge in [0.25, 0.3) is 0 Å². The molecule has 2 heterocycles. The van der Waals surface area contributed by atoms with Gasteiger partial charge in [0.2, 0.25) is 6.79 Å². The van der Waals surface area contributed by atoms with Crippen LogP contribution in [0.15, 0.2) is 36.5 Å². The number of hydrogen-bond donors (Lipinski definition) is 0. The summed E-state index contributed by atoms with van der Waals surface area (Å²) in [6.45, 7) is 7.15. The van der Waals surface area contributed by atoms with Gasteiger partial charge in [-0.3, -0.25) is 0 Å². The highest BCUT2D eigenvalue weighted by Crippen LogP contribution is 2.36. The molecule has 0 aromatic heterocycles. The molecule has 0 aliphatic carbocycles. The molecule has 26 heavy (non-hydrogen) atoms. The summed E-state index contributed by atoms with van der Waals surface area (Å²) in [7, 11) is 0. The van der Waals surface area contributed by atoms with Crippen LogP contribution in [0.4, 0.5) is 0 Å². The third-order valence-corrected chi connectivity index (χ3v) is 4.47. The van der Waals surface area contributed by atoms with Gasteiger partial charge in [-0.15, -0.1) is 0 Å². The fourth-order valence-corrected chi connectivity index (χ4v) is 3.29. The van der Waals surface area contributed by atoms with Crippen LogP contribution in [0.25, 0.3) is 6.08 Å². The van der Waals surface area contributed by atoms with Gasteiger partial charge in [-0.05, 0) is 60.9 Å². The van der Waals surface area contributed by atoms with Crippen LogP contribution in [0, 0.1) is 0 Å². The van der Waals surface area contributed by atoms with Crippen molar-refractivity contribution >= 4 is 6.08 Å². The fourth-order valence-electron chi connectivity index (χ4n) is 3.29. The van der Waals surface area contributed by atoms with E-state index in [0.717, 1.165) is 36.1 Å². The molecule has 0 unspecified atom stereocenters. The molecule has 136 valence electrons. The summed E-state index contributed by atoms with van der Waals surface area (Å²) in [6.07, 6.45) is 4.26. The Morgan fingerprint density at radius 1 is 0.962 bits per heavy atom. The van der Waals surface area contributed by atoms with Crippen molar-refractivity contribution in [2.24, 2.45) is 0 Å². The monoisotopic (exact) mass is 353 g/mol. The fraction of sp³-hybridized carbons (Fsp3) is 0.333. The predicted molar refractivity (Wildman–Crippen MR) is 99.6 cm³/mol. The molecule has 0 spiro atoms. The molecule has 0 N–H and O–H groups in total. The average molecular weight is 353 g/mol. The molecule has 5 heteroatoms. The van der Waals surface area contributed by atoms with Gasteiger partial charge in [0.1, 0.15) is 0 Å². The molecule has 2 aromatic carbocycles. The van der Waals surface area contributed by atoms with E-state index in [0.29, 0.717) is 20.0 Å². The molecule has 2 aromatic rings. The molecular weight excluding hydrogens is 330 g/mol. The lowest BCUT2D eigenvalue weighted by Crippen LogP contribution is -2.19. The second kappa shape index (κ2) is 7.20. The van der Waals surface area contributed by atoms with Crippen LogP contribution in [0.3, 0.4) is 0 Å². The van der Waals surface area contributed by atoms with Crippen molar-refractivity contribution in [3.05, 3.63) is 53.2 Å². The van der Waals surface area contributed by atoms with E-state index in [-0.39, 0.29) is 0 Å². The second-order valence-electron chi connectivity index (χ2n) is 6.27. The summed E-state index contributed by atoms with van der Waals surface area (Å²) >= 11 is 0. The van der Waals surface area contributed by atoms with Crippen LogP contribution in [-0.2, 0) is 13.1 Å². The molecule has 0 fully saturated rings. The lowest BCUT2D eigenvalue weighted by molar-refractivity contribution is 0.174. The van der Waals surface area contributed by atoms with Crippen molar-refractivity contribution in [1.29, 1.82) is 0 Å². The number of fused-ring (bicyclic) bond motifs is 2. The zero-order valence-electron chi connectivity index (χ0n) is 15.2. The summed E-state index contributed by atoms with van der Waals surface area (Å²) in [4.78, 5) is 2.27. The number of benzene rings is 2. The van der Waals surface area contributed by atoms with Crippen molar-refractivity contribution in [2.75, 3.05) is 20.0 Å². The smallest absolute Gasteiger partial charge is 0.231 e. The van der Waals surface area contributed by atoms with Crippen LogP contribution < -0.4 is 18.9 Å². The second-order valence-corrected chi connectivity index (χ2v) is 6.27. The van der Waals surface area contributed by atoms with Gasteiger partial charge in [0.05, 0.1) is 13.2 Å². The van der Waals surface area contributed by atoms with Crippen molar-refractivity contribution in [1.82, 2.24) is 4.90 Å². The van der Waals surface area contributed by atoms with E-state index in [9.17, 15) is 0 Å². The Morgan fingerprint density at radius 2 is 1.73 bits per heavy atom. The average Bonchev–Trinajstić information content (AvgIpc) is 3.10. The summed E-state index contributed by atoms with van der Waals surface area (Å²) in [5.41, 5.74) is 3.61. The molecule has 0 saturated heterocycles. The number of nitrogens with zero attached hydrogens (tertiary/aromatic N) is 1. The highest BCUT2D eigenvalue weighted by atomic mass is 16.7. The Morgan fingerprint density at radius 3 is 2.54 bits per heavy atom. The van der Waals surface area contributed by atoms with Gasteiger partial charge in [-0.2, -0.15) is 0 Å². The van der Waals surface area contributed by atoms with Gasteiger partial charge in [0.15, 0.2) is 23.0 Å². The van der Waals surface area contributed by atoms with Gasteiger partial charge < -0.3 is 23.8 Å². The van der Waals surface area contributed by atoms with Gasteiger partial charge in [-0.25, -0.2) is 0 Å². The first-order valence-electron chi connectivity index (χ1n) is 9.00. The number of rotatable bonds is 6. The molecule has 0 saturated carbocycles. The first kappa shape index (κ1) is 16.6. The van der Waals surface area contributed by atoms with Crippen LogP contribution in [0.1, 0.15) is 30.5 Å². The van der Waals surface area contributed by atoms with E-state index < -0.39 is 0 Å². The van der Waals surface area contributed by atoms with Crippen molar-refractivity contribution in [2.45, 2.75) is 26.9 Å². The number of hydrogen-bond acceptors (Lipinski definition) is 5. The zero-order valence-corrected chi connectivity index (χ0v) is 15.2. The van der Waals surface area contributed by atoms with Crippen LogP contribution in [0.5, 0.6) is 23.0 Å². The molecule has 4 rings (SSSR count). The van der Waals surface area contributed by atoms with Crippen LogP contribution >= 0.6 is 0 Å². The van der Waals surface area contributed by atoms with E-state index in [1.807, 2.05) is 19.9 Å². The Balaban J connectivity index is 1.53. The maximum atomic E-state index is 5.76. The Hall–Kier alpha value is -2.82. The van der Waals surface area contributed by atoms with E-state index in [1.165, 1.54) is 16.7 Å². The molecule has 5 nitrogen and oxygen atoms in total. The maximum absolute atomic E-state index is 5.76. The summed E-state index contributed by atoms with van der Waals surface area (Å²) in [5, 5.41) is 0. The van der Waals surface area contributed by atoms with E-state index in [2.05, 4.69) is 41.4 Å². The third-order valence-electron chi connectivity index (χ3n) is 4.47. The highest BCUT2D eigenvalue weighted by Gasteiger charge is 2.18. The highest BCUT2D eigenvalue weighted by molar-refractivity contribution is 5.62. The molecule has 0 atom stereocenters. The first-order valence-corrected chi connectivity index (χ1v) is 9.00. The van der Waals surface area contributed by atoms with Crippen molar-refractivity contribution < 1.29 is 18.9 Å². The maximum Gasteiger partial charge on any atom is 0.231 e. The minimum absolute atomic E-state index is 0.304. The zero-order chi connectivity index (χ0) is 17.9. The summed E-state index contributed by atoms with van der Waals surface area (Å²) in [6, 6.07) is 10.3. The molecule has 0 amide bonds. The van der Waals surface area contributed by atoms with Crippen LogP contribution in [0.2, 0.25) is 0 Å². The minimum atomic E-state index is 0.304. The van der Waals surface area contributed by atoms with Gasteiger partial charge in [0, 0.05) is 19.3 Å². The standard InChI is InChI=1S/C21H23NO4/c1-3-23-20-10-16-7-8-22(13-17(16)11-21(20)24-4-2)12-15-5-6-18-19(9-15)26-14-25-18/h5-11H,3-4,12-14H2,1-2H3. The van der Waals surface area contributed by atoms with Gasteiger partial charge in [-0.1, -0.05) is 6.07 Å². The van der Waals surface area contributed by atoms with Gasteiger partial charge >= 0.3 is 0 Å². The van der Waals surface area contributed by atoms with E-state index in [4.69, 9.17) is 18.9 Å². The largest absolute Gasteiger partial charge is 0.490 e. The topological polar surface area (TPSA) is 40.2 Å². The Labute approximate surface area is 153 Å². The molecule has 2 aliphatic heterocycles. The Bertz CT molecular complexity index is 831.